The van der Waals surface area contributed by atoms with Crippen molar-refractivity contribution in [1.82, 2.24) is 15.3 Å². The third-order valence-corrected chi connectivity index (χ3v) is 3.39. The Kier molecular flexibility index (Phi) is 3.16. The summed E-state index contributed by atoms with van der Waals surface area (Å²) >= 11 is 0. The molecule has 0 fully saturated rings. The first-order chi connectivity index (χ1) is 9.86. The molecule has 0 spiro atoms. The van der Waals surface area contributed by atoms with Gasteiger partial charge in [-0.1, -0.05) is 12.1 Å². The number of halogens is 4. The lowest BCUT2D eigenvalue weighted by atomic mass is 10.1. The number of rotatable bonds is 1. The summed E-state index contributed by atoms with van der Waals surface area (Å²) in [7, 11) is 0. The average Bonchev–Trinajstić information content (AvgIpc) is 2.87. The van der Waals surface area contributed by atoms with Crippen molar-refractivity contribution in [2.45, 2.75) is 26.2 Å². The molecular weight excluding hydrogens is 286 g/mol. The highest BCUT2D eigenvalue weighted by Crippen LogP contribution is 2.34. The monoisotopic (exact) mass is 297 g/mol. The Labute approximate surface area is 118 Å². The van der Waals surface area contributed by atoms with E-state index >= 15 is 0 Å². The van der Waals surface area contributed by atoms with Gasteiger partial charge in [-0.2, -0.15) is 13.2 Å². The minimum atomic E-state index is -4.56. The van der Waals surface area contributed by atoms with Crippen LogP contribution in [-0.4, -0.2) is 9.97 Å². The number of benzene rings is 1. The molecular formula is C14H11F4N3. The minimum Gasteiger partial charge on any atom is -0.307 e. The van der Waals surface area contributed by atoms with E-state index in [1.165, 1.54) is 12.1 Å². The second-order valence-electron chi connectivity index (χ2n) is 4.89. The van der Waals surface area contributed by atoms with Gasteiger partial charge in [0.15, 0.2) is 11.5 Å². The van der Waals surface area contributed by atoms with Crippen LogP contribution >= 0.6 is 0 Å². The predicted octanol–water partition coefficient (Wildman–Crippen LogP) is 3.21. The lowest BCUT2D eigenvalue weighted by Crippen LogP contribution is -2.14. The van der Waals surface area contributed by atoms with E-state index in [1.807, 2.05) is 0 Å². The minimum absolute atomic E-state index is 0.0684. The Morgan fingerprint density at radius 3 is 2.57 bits per heavy atom. The van der Waals surface area contributed by atoms with E-state index in [4.69, 9.17) is 0 Å². The molecule has 2 aromatic rings. The highest BCUT2D eigenvalue weighted by atomic mass is 19.4. The number of nitrogens with zero attached hydrogens (tertiary/aromatic N) is 2. The molecule has 0 atom stereocenters. The van der Waals surface area contributed by atoms with Crippen molar-refractivity contribution in [3.63, 3.8) is 0 Å². The van der Waals surface area contributed by atoms with Crippen LogP contribution in [0.2, 0.25) is 0 Å². The van der Waals surface area contributed by atoms with Crippen molar-refractivity contribution >= 4 is 0 Å². The summed E-state index contributed by atoms with van der Waals surface area (Å²) in [5.41, 5.74) is 0.0801. The second-order valence-corrected chi connectivity index (χ2v) is 4.89. The van der Waals surface area contributed by atoms with Crippen molar-refractivity contribution in [2.75, 3.05) is 0 Å². The number of aryl methyl sites for hydroxylation is 1. The van der Waals surface area contributed by atoms with Gasteiger partial charge in [0.1, 0.15) is 5.82 Å². The van der Waals surface area contributed by atoms with Gasteiger partial charge in [-0.25, -0.2) is 14.4 Å². The maximum Gasteiger partial charge on any atom is 0.433 e. The molecule has 1 aromatic carbocycles. The molecule has 1 aliphatic heterocycles. The molecule has 0 bridgehead atoms. The normalized spacial score (nSPS) is 14.3. The number of hydrogen-bond acceptors (Lipinski definition) is 3. The molecule has 0 aliphatic carbocycles. The van der Waals surface area contributed by atoms with E-state index in [0.29, 0.717) is 11.3 Å². The van der Waals surface area contributed by atoms with Gasteiger partial charge in [-0.05, 0) is 18.6 Å². The molecule has 0 saturated heterocycles. The first kappa shape index (κ1) is 13.9. The van der Waals surface area contributed by atoms with Gasteiger partial charge in [0, 0.05) is 24.2 Å². The molecule has 1 aliphatic rings. The molecule has 3 rings (SSSR count). The Hall–Kier alpha value is -2.02. The molecule has 1 N–H and O–H groups in total. The maximum atomic E-state index is 13.6. The van der Waals surface area contributed by atoms with Crippen LogP contribution in [0, 0.1) is 12.7 Å². The molecule has 7 heteroatoms. The summed E-state index contributed by atoms with van der Waals surface area (Å²) in [6.45, 7) is 1.92. The largest absolute Gasteiger partial charge is 0.433 e. The number of hydrogen-bond donors (Lipinski definition) is 1. The zero-order valence-electron chi connectivity index (χ0n) is 11.1. The van der Waals surface area contributed by atoms with Crippen molar-refractivity contribution < 1.29 is 17.6 Å². The van der Waals surface area contributed by atoms with Gasteiger partial charge in [-0.3, -0.25) is 0 Å². The average molecular weight is 297 g/mol. The first-order valence-electron chi connectivity index (χ1n) is 6.30. The third kappa shape index (κ3) is 2.49. The molecule has 0 unspecified atom stereocenters. The highest BCUT2D eigenvalue weighted by Gasteiger charge is 2.38. The molecule has 0 amide bonds. The van der Waals surface area contributed by atoms with Crippen molar-refractivity contribution in [1.29, 1.82) is 0 Å². The molecule has 1 aromatic heterocycles. The highest BCUT2D eigenvalue weighted by molar-refractivity contribution is 5.57. The van der Waals surface area contributed by atoms with Crippen LogP contribution in [0.3, 0.4) is 0 Å². The number of alkyl halides is 3. The number of nitrogens with one attached hydrogen (secondary N) is 1. The van der Waals surface area contributed by atoms with Crippen molar-refractivity contribution in [3.05, 3.63) is 46.5 Å². The van der Waals surface area contributed by atoms with E-state index < -0.39 is 17.7 Å². The standard InChI is InChI=1S/C14H11F4N3/c1-7-2-3-8(4-10(7)15)13-20-11-6-19-5-9(11)12(21-13)14(16,17)18/h2-4,19H,5-6H2,1H3. The van der Waals surface area contributed by atoms with Crippen LogP contribution < -0.4 is 5.32 Å². The van der Waals surface area contributed by atoms with Gasteiger partial charge in [0.25, 0.3) is 0 Å². The van der Waals surface area contributed by atoms with Crippen LogP contribution in [0.15, 0.2) is 18.2 Å². The van der Waals surface area contributed by atoms with Gasteiger partial charge in [-0.15, -0.1) is 0 Å². The molecule has 2 heterocycles. The fourth-order valence-electron chi connectivity index (χ4n) is 2.26. The van der Waals surface area contributed by atoms with E-state index in [-0.39, 0.29) is 30.0 Å². The third-order valence-electron chi connectivity index (χ3n) is 3.39. The van der Waals surface area contributed by atoms with Gasteiger partial charge in [0.2, 0.25) is 0 Å². The topological polar surface area (TPSA) is 37.8 Å². The molecule has 0 saturated carbocycles. The molecule has 3 nitrogen and oxygen atoms in total. The van der Waals surface area contributed by atoms with Crippen LogP contribution in [0.4, 0.5) is 17.6 Å². The second kappa shape index (κ2) is 4.77. The summed E-state index contributed by atoms with van der Waals surface area (Å²) in [6.07, 6.45) is -4.56. The summed E-state index contributed by atoms with van der Waals surface area (Å²) < 4.78 is 52.9. The molecule has 21 heavy (non-hydrogen) atoms. The van der Waals surface area contributed by atoms with Gasteiger partial charge < -0.3 is 5.32 Å². The number of fused-ring (bicyclic) bond motifs is 1. The summed E-state index contributed by atoms with van der Waals surface area (Å²) in [5, 5.41) is 2.82. The first-order valence-corrected chi connectivity index (χ1v) is 6.30. The number of aromatic nitrogens is 2. The lowest BCUT2D eigenvalue weighted by molar-refractivity contribution is -0.141. The van der Waals surface area contributed by atoms with Crippen LogP contribution in [0.25, 0.3) is 11.4 Å². The Balaban J connectivity index is 2.18. The van der Waals surface area contributed by atoms with Gasteiger partial charge in [0.05, 0.1) is 5.69 Å². The van der Waals surface area contributed by atoms with Crippen LogP contribution in [0.5, 0.6) is 0 Å². The summed E-state index contributed by atoms with van der Waals surface area (Å²) in [5.74, 6) is -0.605. The van der Waals surface area contributed by atoms with Crippen molar-refractivity contribution in [3.8, 4) is 11.4 Å². The zero-order chi connectivity index (χ0) is 15.2. The summed E-state index contributed by atoms with van der Waals surface area (Å²) in [6, 6.07) is 4.16. The maximum absolute atomic E-state index is 13.6. The Bertz CT molecular complexity index is 710. The van der Waals surface area contributed by atoms with Crippen molar-refractivity contribution in [2.24, 2.45) is 0 Å². The predicted molar refractivity (Wildman–Crippen MR) is 67.7 cm³/mol. The smallest absolute Gasteiger partial charge is 0.307 e. The zero-order valence-corrected chi connectivity index (χ0v) is 11.1. The fraction of sp³-hybridized carbons (Fsp3) is 0.286. The Morgan fingerprint density at radius 2 is 1.90 bits per heavy atom. The van der Waals surface area contributed by atoms with E-state index in [2.05, 4.69) is 15.3 Å². The molecule has 110 valence electrons. The van der Waals surface area contributed by atoms with Crippen LogP contribution in [0.1, 0.15) is 22.5 Å². The fourth-order valence-corrected chi connectivity index (χ4v) is 2.26. The molecule has 0 radical (unpaired) electrons. The van der Waals surface area contributed by atoms with E-state index in [1.54, 1.807) is 6.92 Å². The SMILES string of the molecule is Cc1ccc(-c2nc3c(c(C(F)(F)F)n2)CNC3)cc1F. The van der Waals surface area contributed by atoms with Crippen LogP contribution in [-0.2, 0) is 19.3 Å². The van der Waals surface area contributed by atoms with E-state index in [0.717, 1.165) is 6.07 Å². The van der Waals surface area contributed by atoms with E-state index in [9.17, 15) is 17.6 Å². The van der Waals surface area contributed by atoms with Gasteiger partial charge >= 0.3 is 6.18 Å². The lowest BCUT2D eigenvalue weighted by Gasteiger charge is -2.12. The quantitative estimate of drug-likeness (QED) is 0.821. The Morgan fingerprint density at radius 1 is 1.14 bits per heavy atom. The summed E-state index contributed by atoms with van der Waals surface area (Å²) in [4.78, 5) is 7.74.